The second-order valence-corrected chi connectivity index (χ2v) is 5.56. The molecule has 0 aromatic heterocycles. The van der Waals surface area contributed by atoms with E-state index in [0.717, 1.165) is 56.1 Å². The number of carbonyl (C=O) groups is 1. The van der Waals surface area contributed by atoms with Crippen LogP contribution >= 0.6 is 0 Å². The highest BCUT2D eigenvalue weighted by Crippen LogP contribution is 2.27. The number of methoxy groups -OCH3 is 2. The van der Waals surface area contributed by atoms with Crippen LogP contribution in [-0.2, 0) is 11.3 Å². The molecule has 0 aliphatic carbocycles. The average molecular weight is 306 g/mol. The first-order chi connectivity index (χ1) is 10.7. The summed E-state index contributed by atoms with van der Waals surface area (Å²) in [7, 11) is 3.27. The van der Waals surface area contributed by atoms with E-state index >= 15 is 0 Å². The first-order valence-electron chi connectivity index (χ1n) is 7.94. The van der Waals surface area contributed by atoms with Crippen molar-refractivity contribution in [3.63, 3.8) is 0 Å². The Kier molecular flexibility index (Phi) is 6.52. The van der Waals surface area contributed by atoms with Crippen LogP contribution in [0.15, 0.2) is 18.2 Å². The molecule has 0 bridgehead atoms. The number of nitrogens with zero attached hydrogens (tertiary/aromatic N) is 1. The number of ether oxygens (including phenoxy) is 2. The normalized spacial score (nSPS) is 15.5. The topological polar surface area (TPSA) is 50.8 Å². The van der Waals surface area contributed by atoms with Crippen LogP contribution in [0.2, 0.25) is 0 Å². The predicted octanol–water partition coefficient (Wildman–Crippen LogP) is 2.20. The molecule has 1 fully saturated rings. The first kappa shape index (κ1) is 16.6. The smallest absolute Gasteiger partial charge is 0.222 e. The van der Waals surface area contributed by atoms with E-state index in [1.165, 1.54) is 6.42 Å². The molecule has 1 aliphatic heterocycles. The lowest BCUT2D eigenvalue weighted by Gasteiger charge is -2.20. The number of benzene rings is 1. The number of carbonyl (C=O) groups excluding carboxylic acids is 1. The number of hydrogen-bond acceptors (Lipinski definition) is 4. The van der Waals surface area contributed by atoms with Gasteiger partial charge in [-0.25, -0.2) is 0 Å². The van der Waals surface area contributed by atoms with Gasteiger partial charge in [-0.15, -0.1) is 0 Å². The number of rotatable bonds is 7. The monoisotopic (exact) mass is 306 g/mol. The van der Waals surface area contributed by atoms with Gasteiger partial charge in [-0.1, -0.05) is 12.5 Å². The molecule has 0 spiro atoms. The van der Waals surface area contributed by atoms with Gasteiger partial charge in [0.2, 0.25) is 5.91 Å². The van der Waals surface area contributed by atoms with E-state index in [9.17, 15) is 4.79 Å². The summed E-state index contributed by atoms with van der Waals surface area (Å²) in [5.41, 5.74) is 1.14. The molecule has 1 N–H and O–H groups in total. The van der Waals surface area contributed by atoms with Crippen LogP contribution in [0.5, 0.6) is 11.5 Å². The Hall–Kier alpha value is -1.75. The van der Waals surface area contributed by atoms with E-state index in [4.69, 9.17) is 9.47 Å². The number of hydrogen-bond donors (Lipinski definition) is 1. The molecule has 122 valence electrons. The van der Waals surface area contributed by atoms with Gasteiger partial charge in [0.05, 0.1) is 14.2 Å². The van der Waals surface area contributed by atoms with E-state index in [2.05, 4.69) is 5.32 Å². The molecule has 1 aromatic rings. The minimum atomic E-state index is 0.297. The minimum absolute atomic E-state index is 0.297. The van der Waals surface area contributed by atoms with Crippen LogP contribution in [-0.4, -0.2) is 44.7 Å². The van der Waals surface area contributed by atoms with Crippen molar-refractivity contribution in [2.24, 2.45) is 0 Å². The largest absolute Gasteiger partial charge is 0.493 e. The molecule has 1 heterocycles. The molecule has 1 aliphatic rings. The van der Waals surface area contributed by atoms with Crippen LogP contribution in [0.3, 0.4) is 0 Å². The average Bonchev–Trinajstić information content (AvgIpc) is 2.75. The molecule has 1 aromatic carbocycles. The first-order valence-corrected chi connectivity index (χ1v) is 7.94. The fourth-order valence-electron chi connectivity index (χ4n) is 2.71. The van der Waals surface area contributed by atoms with Crippen LogP contribution in [0.4, 0.5) is 0 Å². The lowest BCUT2D eigenvalue weighted by Crippen LogP contribution is -2.36. The SMILES string of the molecule is COc1ccc(CNCCN2CCCCCC2=O)cc1OC. The van der Waals surface area contributed by atoms with Gasteiger partial charge in [0, 0.05) is 32.6 Å². The molecule has 1 saturated heterocycles. The van der Waals surface area contributed by atoms with E-state index in [0.29, 0.717) is 12.3 Å². The maximum atomic E-state index is 11.9. The van der Waals surface area contributed by atoms with E-state index in [1.807, 2.05) is 23.1 Å². The maximum Gasteiger partial charge on any atom is 0.222 e. The number of nitrogens with one attached hydrogen (secondary N) is 1. The molecular formula is C17H26N2O3. The fraction of sp³-hybridized carbons (Fsp3) is 0.588. The summed E-state index contributed by atoms with van der Waals surface area (Å²) in [4.78, 5) is 13.9. The van der Waals surface area contributed by atoms with Gasteiger partial charge in [-0.3, -0.25) is 4.79 Å². The molecule has 22 heavy (non-hydrogen) atoms. The minimum Gasteiger partial charge on any atom is -0.493 e. The van der Waals surface area contributed by atoms with Crippen molar-refractivity contribution in [1.29, 1.82) is 0 Å². The van der Waals surface area contributed by atoms with E-state index < -0.39 is 0 Å². The third kappa shape index (κ3) is 4.63. The van der Waals surface area contributed by atoms with Crippen molar-refractivity contribution in [2.75, 3.05) is 33.9 Å². The van der Waals surface area contributed by atoms with Crippen LogP contribution in [0, 0.1) is 0 Å². The molecule has 0 radical (unpaired) electrons. The number of amides is 1. The fourth-order valence-corrected chi connectivity index (χ4v) is 2.71. The molecule has 0 unspecified atom stereocenters. The molecule has 1 amide bonds. The summed E-state index contributed by atoms with van der Waals surface area (Å²) in [6.07, 6.45) is 4.03. The lowest BCUT2D eigenvalue weighted by atomic mass is 10.2. The molecular weight excluding hydrogens is 280 g/mol. The van der Waals surface area contributed by atoms with Gasteiger partial charge in [0.15, 0.2) is 11.5 Å². The predicted molar refractivity (Wildman–Crippen MR) is 86.3 cm³/mol. The van der Waals surface area contributed by atoms with Gasteiger partial charge in [0.25, 0.3) is 0 Å². The summed E-state index contributed by atoms with van der Waals surface area (Å²) < 4.78 is 10.5. The molecule has 5 nitrogen and oxygen atoms in total. The Morgan fingerprint density at radius 1 is 1.14 bits per heavy atom. The molecule has 0 atom stereocenters. The molecule has 5 heteroatoms. The van der Waals surface area contributed by atoms with Crippen molar-refractivity contribution in [3.8, 4) is 11.5 Å². The molecule has 2 rings (SSSR count). The molecule has 0 saturated carbocycles. The second-order valence-electron chi connectivity index (χ2n) is 5.56. The Labute approximate surface area is 132 Å². The van der Waals surface area contributed by atoms with Gasteiger partial charge < -0.3 is 19.7 Å². The maximum absolute atomic E-state index is 11.9. The van der Waals surface area contributed by atoms with Gasteiger partial charge >= 0.3 is 0 Å². The third-order valence-corrected chi connectivity index (χ3v) is 4.01. The third-order valence-electron chi connectivity index (χ3n) is 4.01. The summed E-state index contributed by atoms with van der Waals surface area (Å²) in [5.74, 6) is 1.77. The Morgan fingerprint density at radius 2 is 1.95 bits per heavy atom. The van der Waals surface area contributed by atoms with Crippen molar-refractivity contribution in [3.05, 3.63) is 23.8 Å². The summed E-state index contributed by atoms with van der Waals surface area (Å²) in [5, 5.41) is 3.39. The van der Waals surface area contributed by atoms with Crippen molar-refractivity contribution < 1.29 is 14.3 Å². The van der Waals surface area contributed by atoms with Crippen LogP contribution in [0.25, 0.3) is 0 Å². The van der Waals surface area contributed by atoms with E-state index in [1.54, 1.807) is 14.2 Å². The van der Waals surface area contributed by atoms with Crippen molar-refractivity contribution >= 4 is 5.91 Å². The van der Waals surface area contributed by atoms with Crippen molar-refractivity contribution in [2.45, 2.75) is 32.2 Å². The lowest BCUT2D eigenvalue weighted by molar-refractivity contribution is -0.130. The Balaban J connectivity index is 1.77. The summed E-state index contributed by atoms with van der Waals surface area (Å²) in [6, 6.07) is 5.91. The Bertz CT molecular complexity index is 491. The van der Waals surface area contributed by atoms with Gasteiger partial charge in [-0.2, -0.15) is 0 Å². The quantitative estimate of drug-likeness (QED) is 0.785. The highest BCUT2D eigenvalue weighted by Gasteiger charge is 2.15. The zero-order valence-corrected chi connectivity index (χ0v) is 13.6. The standard InChI is InChI=1S/C17H26N2O3/c1-21-15-8-7-14(12-16(15)22-2)13-18-9-11-19-10-5-3-4-6-17(19)20/h7-8,12,18H,3-6,9-11,13H2,1-2H3. The second kappa shape index (κ2) is 8.63. The van der Waals surface area contributed by atoms with Crippen LogP contribution in [0.1, 0.15) is 31.2 Å². The highest BCUT2D eigenvalue weighted by atomic mass is 16.5. The Morgan fingerprint density at radius 3 is 2.73 bits per heavy atom. The van der Waals surface area contributed by atoms with Crippen LogP contribution < -0.4 is 14.8 Å². The van der Waals surface area contributed by atoms with Gasteiger partial charge in [0.1, 0.15) is 0 Å². The summed E-state index contributed by atoms with van der Waals surface area (Å²) in [6.45, 7) is 3.24. The zero-order valence-electron chi connectivity index (χ0n) is 13.6. The van der Waals surface area contributed by atoms with E-state index in [-0.39, 0.29) is 0 Å². The summed E-state index contributed by atoms with van der Waals surface area (Å²) >= 11 is 0. The van der Waals surface area contributed by atoms with Gasteiger partial charge in [-0.05, 0) is 30.5 Å². The number of likely N-dealkylation sites (tertiary alicyclic amines) is 1. The zero-order chi connectivity index (χ0) is 15.8. The van der Waals surface area contributed by atoms with Crippen molar-refractivity contribution in [1.82, 2.24) is 10.2 Å². The highest BCUT2D eigenvalue weighted by molar-refractivity contribution is 5.76.